The van der Waals surface area contributed by atoms with Gasteiger partial charge in [0.1, 0.15) is 0 Å². The van der Waals surface area contributed by atoms with Gasteiger partial charge in [-0.3, -0.25) is 5.84 Å². The Labute approximate surface area is 284 Å². The Morgan fingerprint density at radius 1 is 0.449 bits per heavy atom. The molecule has 0 spiro atoms. The van der Waals surface area contributed by atoms with Crippen molar-refractivity contribution < 1.29 is 0 Å². The smallest absolute Gasteiger partial charge is 0.0541 e. The summed E-state index contributed by atoms with van der Waals surface area (Å²) in [5, 5.41) is 4.90. The molecule has 49 heavy (non-hydrogen) atoms. The lowest BCUT2D eigenvalue weighted by Crippen LogP contribution is -2.21. The van der Waals surface area contributed by atoms with E-state index in [-0.39, 0.29) is 5.92 Å². The number of hydrazine groups is 1. The van der Waals surface area contributed by atoms with Gasteiger partial charge in [0.25, 0.3) is 0 Å². The van der Waals surface area contributed by atoms with Crippen LogP contribution in [0.2, 0.25) is 0 Å². The van der Waals surface area contributed by atoms with Crippen molar-refractivity contribution in [1.29, 1.82) is 0 Å². The van der Waals surface area contributed by atoms with Crippen molar-refractivity contribution in [3.63, 3.8) is 0 Å². The fourth-order valence-electron chi connectivity index (χ4n) is 7.51. The van der Waals surface area contributed by atoms with Gasteiger partial charge in [-0.25, -0.2) is 0 Å². The van der Waals surface area contributed by atoms with Crippen LogP contribution in [0, 0.1) is 0 Å². The summed E-state index contributed by atoms with van der Waals surface area (Å²) >= 11 is 0. The number of nitrogens with zero attached hydrogens (tertiary/aromatic N) is 2. The first-order chi connectivity index (χ1) is 24.3. The summed E-state index contributed by atoms with van der Waals surface area (Å²) in [6.45, 7) is 0. The minimum absolute atomic E-state index is 0.0120. The van der Waals surface area contributed by atoms with Gasteiger partial charge in [-0.1, -0.05) is 133 Å². The molecular weight excluding hydrogens is 597 g/mol. The number of fused-ring (bicyclic) bond motifs is 6. The molecule has 4 nitrogen and oxygen atoms in total. The van der Waals surface area contributed by atoms with E-state index in [1.54, 1.807) is 0 Å². The van der Waals surface area contributed by atoms with Gasteiger partial charge in [-0.2, -0.15) is 0 Å². The minimum Gasteiger partial charge on any atom is -0.324 e. The predicted molar refractivity (Wildman–Crippen MR) is 205 cm³/mol. The van der Waals surface area contributed by atoms with Gasteiger partial charge in [0, 0.05) is 44.4 Å². The van der Waals surface area contributed by atoms with Crippen LogP contribution in [-0.4, -0.2) is 9.13 Å². The number of hydrogen-bond acceptors (Lipinski definition) is 2. The van der Waals surface area contributed by atoms with E-state index in [0.717, 1.165) is 44.7 Å². The molecule has 234 valence electrons. The Hall–Kier alpha value is -6.36. The first-order valence-corrected chi connectivity index (χ1v) is 16.7. The van der Waals surface area contributed by atoms with E-state index in [1.807, 2.05) is 0 Å². The average Bonchev–Trinajstić information content (AvgIpc) is 3.69. The first-order valence-electron chi connectivity index (χ1n) is 16.7. The molecule has 0 aliphatic rings. The molecule has 0 radical (unpaired) electrons. The number of aromatic nitrogens is 2. The van der Waals surface area contributed by atoms with Gasteiger partial charge in [0.15, 0.2) is 0 Å². The lowest BCUT2D eigenvalue weighted by Gasteiger charge is -2.19. The van der Waals surface area contributed by atoms with E-state index in [9.17, 15) is 0 Å². The number of hydrogen-bond donors (Lipinski definition) is 2. The zero-order valence-corrected chi connectivity index (χ0v) is 26.9. The van der Waals surface area contributed by atoms with E-state index in [0.29, 0.717) is 0 Å². The second-order valence-electron chi connectivity index (χ2n) is 12.5. The van der Waals surface area contributed by atoms with Crippen LogP contribution in [0.1, 0.15) is 22.6 Å². The second kappa shape index (κ2) is 12.0. The summed E-state index contributed by atoms with van der Waals surface area (Å²) < 4.78 is 4.76. The van der Waals surface area contributed by atoms with Gasteiger partial charge in [-0.05, 0) is 59.7 Å². The lowest BCUT2D eigenvalue weighted by molar-refractivity contribution is 0.954. The molecule has 0 aliphatic carbocycles. The molecule has 0 bridgehead atoms. The highest BCUT2D eigenvalue weighted by Crippen LogP contribution is 2.37. The maximum Gasteiger partial charge on any atom is 0.0541 e. The number of para-hydroxylation sites is 4. The quantitative estimate of drug-likeness (QED) is 0.136. The molecular formula is C45H34N4. The van der Waals surface area contributed by atoms with Crippen molar-refractivity contribution in [3.8, 4) is 11.4 Å². The van der Waals surface area contributed by atoms with Crippen molar-refractivity contribution in [2.24, 2.45) is 5.84 Å². The molecule has 0 unspecified atom stereocenters. The monoisotopic (exact) mass is 630 g/mol. The molecule has 9 aromatic rings. The number of nitrogens with one attached hydrogen (secondary N) is 1. The van der Waals surface area contributed by atoms with Crippen LogP contribution < -0.4 is 11.3 Å². The molecule has 2 heterocycles. The number of allylic oxidation sites excluding steroid dienone is 1. The molecule has 2 aromatic heterocycles. The van der Waals surface area contributed by atoms with Gasteiger partial charge in [-0.15, -0.1) is 0 Å². The molecule has 0 atom stereocenters. The molecule has 3 N–H and O–H groups in total. The summed E-state index contributed by atoms with van der Waals surface area (Å²) in [7, 11) is 0. The SMILES string of the molecule is NN/C(=C\C(c1ccccc1)c1ccccc1)c1cc(-n2c3ccccc3c3ccccc32)cc(-n2c3ccccc3c3ccccc32)c1. The fraction of sp³-hybridized carbons (Fsp3) is 0.0222. The number of rotatable bonds is 7. The highest BCUT2D eigenvalue weighted by atomic mass is 15.2. The van der Waals surface area contributed by atoms with Gasteiger partial charge in [0.2, 0.25) is 0 Å². The summed E-state index contributed by atoms with van der Waals surface area (Å²) in [5.41, 5.74) is 14.1. The van der Waals surface area contributed by atoms with Gasteiger partial charge < -0.3 is 14.6 Å². The summed E-state index contributed by atoms with van der Waals surface area (Å²) in [5.74, 6) is 6.47. The standard InChI is InChI=1S/C45H34N4/c46-47-41(30-40(31-15-3-1-4-16-31)32-17-5-2-6-18-32)33-27-34(48-42-23-11-7-19-36(42)37-20-8-12-24-43(37)48)29-35(28-33)49-44-25-13-9-21-38(44)39-22-10-14-26-45(39)49/h1-30,40,47H,46H2/b41-30-. The molecule has 7 aromatic carbocycles. The van der Waals surface area contributed by atoms with Crippen LogP contribution in [0.4, 0.5) is 0 Å². The van der Waals surface area contributed by atoms with Crippen molar-refractivity contribution in [2.45, 2.75) is 5.92 Å². The molecule has 4 heteroatoms. The van der Waals surface area contributed by atoms with E-state index in [2.05, 4.69) is 197 Å². The predicted octanol–water partition coefficient (Wildman–Crippen LogP) is 10.5. The Morgan fingerprint density at radius 3 is 1.16 bits per heavy atom. The lowest BCUT2D eigenvalue weighted by atomic mass is 9.89. The zero-order chi connectivity index (χ0) is 32.7. The molecule has 9 rings (SSSR count). The Morgan fingerprint density at radius 2 is 0.796 bits per heavy atom. The van der Waals surface area contributed by atoms with Crippen LogP contribution in [0.3, 0.4) is 0 Å². The third-order valence-corrected chi connectivity index (χ3v) is 9.70. The van der Waals surface area contributed by atoms with Crippen LogP contribution in [-0.2, 0) is 0 Å². The molecule has 0 saturated carbocycles. The molecule has 0 amide bonds. The van der Waals surface area contributed by atoms with Crippen molar-refractivity contribution in [3.05, 3.63) is 199 Å². The molecule has 0 fully saturated rings. The summed E-state index contributed by atoms with van der Waals surface area (Å²) in [6, 6.07) is 62.7. The number of benzene rings is 7. The Balaban J connectivity index is 1.35. The van der Waals surface area contributed by atoms with E-state index < -0.39 is 0 Å². The molecule has 0 aliphatic heterocycles. The van der Waals surface area contributed by atoms with Crippen LogP contribution >= 0.6 is 0 Å². The zero-order valence-electron chi connectivity index (χ0n) is 26.9. The third kappa shape index (κ3) is 4.89. The van der Waals surface area contributed by atoms with Gasteiger partial charge >= 0.3 is 0 Å². The highest BCUT2D eigenvalue weighted by molar-refractivity contribution is 6.10. The fourth-order valence-corrected chi connectivity index (χ4v) is 7.51. The van der Waals surface area contributed by atoms with E-state index in [4.69, 9.17) is 5.84 Å². The second-order valence-corrected chi connectivity index (χ2v) is 12.5. The van der Waals surface area contributed by atoms with Crippen molar-refractivity contribution >= 4 is 49.3 Å². The normalized spacial score (nSPS) is 12.1. The van der Waals surface area contributed by atoms with Crippen LogP contribution in [0.5, 0.6) is 0 Å². The van der Waals surface area contributed by atoms with E-state index >= 15 is 0 Å². The first kappa shape index (κ1) is 28.8. The van der Waals surface area contributed by atoms with Crippen LogP contribution in [0.15, 0.2) is 182 Å². The van der Waals surface area contributed by atoms with Crippen molar-refractivity contribution in [1.82, 2.24) is 14.6 Å². The topological polar surface area (TPSA) is 47.9 Å². The minimum atomic E-state index is -0.0120. The van der Waals surface area contributed by atoms with Crippen molar-refractivity contribution in [2.75, 3.05) is 0 Å². The van der Waals surface area contributed by atoms with E-state index in [1.165, 1.54) is 32.7 Å². The van der Waals surface area contributed by atoms with Gasteiger partial charge in [0.05, 0.1) is 27.8 Å². The summed E-state index contributed by atoms with van der Waals surface area (Å²) in [6.07, 6.45) is 2.26. The summed E-state index contributed by atoms with van der Waals surface area (Å²) in [4.78, 5) is 0. The number of nitrogens with two attached hydrogens (primary N) is 1. The largest absolute Gasteiger partial charge is 0.324 e. The maximum atomic E-state index is 6.48. The average molecular weight is 631 g/mol. The highest BCUT2D eigenvalue weighted by Gasteiger charge is 2.19. The van der Waals surface area contributed by atoms with Crippen LogP contribution in [0.25, 0.3) is 60.7 Å². The Kier molecular flexibility index (Phi) is 7.07. The maximum absolute atomic E-state index is 6.48. The Bertz CT molecular complexity index is 2370. The molecule has 0 saturated heterocycles. The third-order valence-electron chi connectivity index (χ3n) is 9.70.